The summed E-state index contributed by atoms with van der Waals surface area (Å²) >= 11 is 0. The zero-order chi connectivity index (χ0) is 19.6. The van der Waals surface area contributed by atoms with Gasteiger partial charge in [-0.1, -0.05) is 0 Å². The van der Waals surface area contributed by atoms with E-state index in [0.717, 1.165) is 24.0 Å². The van der Waals surface area contributed by atoms with Crippen molar-refractivity contribution in [1.82, 2.24) is 9.88 Å². The van der Waals surface area contributed by atoms with Gasteiger partial charge in [0, 0.05) is 45.3 Å². The normalized spacial score (nSPS) is 18.7. The van der Waals surface area contributed by atoms with Crippen LogP contribution in [0.25, 0.3) is 5.70 Å². The number of likely N-dealkylation sites (tertiary alicyclic amines) is 1. The highest BCUT2D eigenvalue weighted by molar-refractivity contribution is 6.09. The summed E-state index contributed by atoms with van der Waals surface area (Å²) in [5.74, 6) is -0.567. The van der Waals surface area contributed by atoms with Crippen molar-refractivity contribution in [3.63, 3.8) is 0 Å². The lowest BCUT2D eigenvalue weighted by molar-refractivity contribution is -0.142. The van der Waals surface area contributed by atoms with Crippen molar-refractivity contribution in [1.29, 1.82) is 5.26 Å². The van der Waals surface area contributed by atoms with Crippen LogP contribution < -0.4 is 0 Å². The van der Waals surface area contributed by atoms with Crippen LogP contribution in [-0.2, 0) is 32.1 Å². The molecular formula is C20H23N3O4. The molecule has 1 aromatic rings. The molecule has 3 rings (SSSR count). The minimum Gasteiger partial charge on any atom is -0.459 e. The fraction of sp³-hybridized carbons (Fsp3) is 0.500. The Morgan fingerprint density at radius 3 is 2.70 bits per heavy atom. The molecule has 2 heterocycles. The van der Waals surface area contributed by atoms with E-state index in [0.29, 0.717) is 24.5 Å². The molecule has 0 radical (unpaired) electrons. The average Bonchev–Trinajstić information content (AvgIpc) is 2.66. The Balaban J connectivity index is 1.98. The standard InChI is InChI=1S/C20H23N3O4/c1-13(24)27-12-15-9-16-14(11-22-15)8-18(25)17(10-21)19(16)23-6-4-20(2,26-3)5-7-23/h9,11H,4-8,12H2,1-3H3. The summed E-state index contributed by atoms with van der Waals surface area (Å²) in [6, 6.07) is 3.92. The highest BCUT2D eigenvalue weighted by Crippen LogP contribution is 2.36. The third-order valence-electron chi connectivity index (χ3n) is 5.33. The van der Waals surface area contributed by atoms with Gasteiger partial charge in [0.15, 0.2) is 5.78 Å². The molecule has 1 fully saturated rings. The summed E-state index contributed by atoms with van der Waals surface area (Å²) in [5.41, 5.74) is 2.86. The van der Waals surface area contributed by atoms with E-state index in [1.165, 1.54) is 6.92 Å². The van der Waals surface area contributed by atoms with Crippen LogP contribution in [0.5, 0.6) is 0 Å². The van der Waals surface area contributed by atoms with Crippen LogP contribution in [0.15, 0.2) is 17.8 Å². The summed E-state index contributed by atoms with van der Waals surface area (Å²) in [6.07, 6.45) is 3.41. The number of esters is 1. The van der Waals surface area contributed by atoms with Crippen LogP contribution in [0.1, 0.15) is 43.5 Å². The number of piperidine rings is 1. The molecule has 1 saturated heterocycles. The first kappa shape index (κ1) is 19.1. The number of rotatable bonds is 4. The molecule has 1 aliphatic heterocycles. The molecule has 0 atom stereocenters. The van der Waals surface area contributed by atoms with Gasteiger partial charge < -0.3 is 14.4 Å². The minimum atomic E-state index is -0.381. The number of ketones is 1. The second kappa shape index (κ2) is 7.49. The Kier molecular flexibility index (Phi) is 5.29. The SMILES string of the molecule is COC1(C)CCN(C2=C(C#N)C(=O)Cc3cnc(COC(C)=O)cc32)CC1. The molecule has 2 aliphatic rings. The first-order valence-corrected chi connectivity index (χ1v) is 8.96. The molecule has 1 aromatic heterocycles. The maximum absolute atomic E-state index is 12.5. The number of nitriles is 1. The number of carbonyl (C=O) groups is 2. The Morgan fingerprint density at radius 2 is 2.11 bits per heavy atom. The summed E-state index contributed by atoms with van der Waals surface area (Å²) < 4.78 is 10.6. The van der Waals surface area contributed by atoms with Gasteiger partial charge >= 0.3 is 5.97 Å². The number of ether oxygens (including phenoxy) is 2. The van der Waals surface area contributed by atoms with Gasteiger partial charge in [0.1, 0.15) is 18.2 Å². The number of carbonyl (C=O) groups excluding carboxylic acids is 2. The number of allylic oxidation sites excluding steroid dienone is 1. The largest absolute Gasteiger partial charge is 0.459 e. The molecule has 142 valence electrons. The highest BCUT2D eigenvalue weighted by atomic mass is 16.5. The van der Waals surface area contributed by atoms with Crippen molar-refractivity contribution in [2.24, 2.45) is 0 Å². The molecule has 1 aliphatic carbocycles. The van der Waals surface area contributed by atoms with E-state index < -0.39 is 0 Å². The quantitative estimate of drug-likeness (QED) is 0.750. The minimum absolute atomic E-state index is 0.0630. The van der Waals surface area contributed by atoms with Gasteiger partial charge in [0.2, 0.25) is 0 Å². The Hall–Kier alpha value is -2.72. The van der Waals surface area contributed by atoms with Crippen LogP contribution in [0, 0.1) is 11.3 Å². The van der Waals surface area contributed by atoms with E-state index >= 15 is 0 Å². The molecule has 0 amide bonds. The van der Waals surface area contributed by atoms with Gasteiger partial charge in [-0.2, -0.15) is 5.26 Å². The van der Waals surface area contributed by atoms with Crippen molar-refractivity contribution in [3.8, 4) is 6.07 Å². The maximum atomic E-state index is 12.5. The van der Waals surface area contributed by atoms with Gasteiger partial charge in [0.05, 0.1) is 17.0 Å². The van der Waals surface area contributed by atoms with Crippen LogP contribution in [-0.4, -0.2) is 47.4 Å². The molecule has 0 bridgehead atoms. The summed E-state index contributed by atoms with van der Waals surface area (Å²) in [6.45, 7) is 4.87. The van der Waals surface area contributed by atoms with Crippen molar-refractivity contribution in [2.75, 3.05) is 20.2 Å². The van der Waals surface area contributed by atoms with Gasteiger partial charge in [-0.15, -0.1) is 0 Å². The predicted molar refractivity (Wildman–Crippen MR) is 97.2 cm³/mol. The third kappa shape index (κ3) is 3.86. The van der Waals surface area contributed by atoms with E-state index in [-0.39, 0.29) is 36.0 Å². The number of hydrogen-bond donors (Lipinski definition) is 0. The third-order valence-corrected chi connectivity index (χ3v) is 5.33. The maximum Gasteiger partial charge on any atom is 0.303 e. The molecular weight excluding hydrogens is 346 g/mol. The Labute approximate surface area is 158 Å². The molecule has 7 heteroatoms. The van der Waals surface area contributed by atoms with E-state index in [1.807, 2.05) is 6.07 Å². The number of pyridine rings is 1. The summed E-state index contributed by atoms with van der Waals surface area (Å²) in [5, 5.41) is 9.62. The lowest BCUT2D eigenvalue weighted by Crippen LogP contribution is -2.43. The first-order valence-electron chi connectivity index (χ1n) is 8.96. The molecule has 7 nitrogen and oxygen atoms in total. The number of aromatic nitrogens is 1. The van der Waals surface area contributed by atoms with E-state index in [9.17, 15) is 14.9 Å². The first-order chi connectivity index (χ1) is 12.9. The van der Waals surface area contributed by atoms with Crippen molar-refractivity contribution in [3.05, 3.63) is 34.7 Å². The lowest BCUT2D eigenvalue weighted by Gasteiger charge is -2.41. The van der Waals surface area contributed by atoms with Crippen LogP contribution in [0.3, 0.4) is 0 Å². The van der Waals surface area contributed by atoms with Gasteiger partial charge in [-0.25, -0.2) is 0 Å². The average molecular weight is 369 g/mol. The van der Waals surface area contributed by atoms with Crippen molar-refractivity contribution < 1.29 is 19.1 Å². The zero-order valence-electron chi connectivity index (χ0n) is 15.9. The monoisotopic (exact) mass is 369 g/mol. The van der Waals surface area contributed by atoms with Gasteiger partial charge in [0.25, 0.3) is 0 Å². The van der Waals surface area contributed by atoms with Crippen molar-refractivity contribution in [2.45, 2.75) is 45.3 Å². The fourth-order valence-corrected chi connectivity index (χ4v) is 3.52. The number of fused-ring (bicyclic) bond motifs is 1. The fourth-order valence-electron chi connectivity index (χ4n) is 3.52. The smallest absolute Gasteiger partial charge is 0.303 e. The number of nitrogens with zero attached hydrogens (tertiary/aromatic N) is 3. The molecule has 0 saturated carbocycles. The Morgan fingerprint density at radius 1 is 1.41 bits per heavy atom. The van der Waals surface area contributed by atoms with Crippen LogP contribution in [0.2, 0.25) is 0 Å². The summed E-state index contributed by atoms with van der Waals surface area (Å²) in [4.78, 5) is 30.0. The number of Topliss-reactive ketones (excluding diaryl/α,β-unsaturated/α-hetero) is 1. The van der Waals surface area contributed by atoms with Crippen LogP contribution in [0.4, 0.5) is 0 Å². The number of methoxy groups -OCH3 is 1. The molecule has 0 spiro atoms. The van der Waals surface area contributed by atoms with Gasteiger partial charge in [-0.05, 0) is 31.4 Å². The van der Waals surface area contributed by atoms with Gasteiger partial charge in [-0.3, -0.25) is 14.6 Å². The topological polar surface area (TPSA) is 92.5 Å². The molecule has 0 aromatic carbocycles. The van der Waals surface area contributed by atoms with E-state index in [2.05, 4.69) is 22.9 Å². The molecule has 27 heavy (non-hydrogen) atoms. The van der Waals surface area contributed by atoms with E-state index in [1.54, 1.807) is 13.3 Å². The second-order valence-electron chi connectivity index (χ2n) is 7.19. The highest BCUT2D eigenvalue weighted by Gasteiger charge is 2.35. The van der Waals surface area contributed by atoms with Crippen LogP contribution >= 0.6 is 0 Å². The zero-order valence-corrected chi connectivity index (χ0v) is 15.9. The van der Waals surface area contributed by atoms with Crippen molar-refractivity contribution >= 4 is 17.4 Å². The lowest BCUT2D eigenvalue weighted by atomic mass is 9.86. The second-order valence-corrected chi connectivity index (χ2v) is 7.19. The Bertz CT molecular complexity index is 845. The number of hydrogen-bond acceptors (Lipinski definition) is 7. The molecule has 0 N–H and O–H groups in total. The predicted octanol–water partition coefficient (Wildman–Crippen LogP) is 2.01. The van der Waals surface area contributed by atoms with E-state index in [4.69, 9.17) is 9.47 Å². The molecule has 0 unspecified atom stereocenters. The summed E-state index contributed by atoms with van der Waals surface area (Å²) in [7, 11) is 1.71.